The Labute approximate surface area is 151 Å². The molecule has 0 radical (unpaired) electrons. The van der Waals surface area contributed by atoms with Gasteiger partial charge in [0.05, 0.1) is 0 Å². The molecule has 0 atom stereocenters. The summed E-state index contributed by atoms with van der Waals surface area (Å²) in [7, 11) is 0. The summed E-state index contributed by atoms with van der Waals surface area (Å²) in [4.78, 5) is 12.3. The third kappa shape index (κ3) is 5.09. The molecule has 0 saturated carbocycles. The monoisotopic (exact) mass is 349 g/mol. The summed E-state index contributed by atoms with van der Waals surface area (Å²) in [5.74, 6) is -0.158. The minimum atomic E-state index is -0.158. The SMILES string of the molecule is CC(=Cc1ccccc1)C(=O)Nc1nnc(CCc2ccccc2)s1. The van der Waals surface area contributed by atoms with Gasteiger partial charge in [0.25, 0.3) is 5.91 Å². The lowest BCUT2D eigenvalue weighted by molar-refractivity contribution is -0.112. The predicted octanol–water partition coefficient (Wildman–Crippen LogP) is 4.37. The summed E-state index contributed by atoms with van der Waals surface area (Å²) >= 11 is 1.42. The number of carbonyl (C=O) groups is 1. The van der Waals surface area contributed by atoms with E-state index in [4.69, 9.17) is 0 Å². The molecule has 25 heavy (non-hydrogen) atoms. The summed E-state index contributed by atoms with van der Waals surface area (Å²) in [5, 5.41) is 12.5. The van der Waals surface area contributed by atoms with Crippen LogP contribution in [0.4, 0.5) is 5.13 Å². The van der Waals surface area contributed by atoms with Crippen molar-refractivity contribution in [3.8, 4) is 0 Å². The molecule has 2 aromatic carbocycles. The highest BCUT2D eigenvalue weighted by atomic mass is 32.1. The Bertz CT molecular complexity index is 857. The largest absolute Gasteiger partial charge is 0.297 e. The summed E-state index contributed by atoms with van der Waals surface area (Å²) in [6, 6.07) is 20.0. The molecule has 1 aromatic heterocycles. The fourth-order valence-electron chi connectivity index (χ4n) is 2.36. The van der Waals surface area contributed by atoms with Gasteiger partial charge in [-0.2, -0.15) is 0 Å². The van der Waals surface area contributed by atoms with Crippen LogP contribution in [-0.2, 0) is 17.6 Å². The number of aryl methyl sites for hydroxylation is 2. The number of hydrogen-bond donors (Lipinski definition) is 1. The molecule has 0 unspecified atom stereocenters. The van der Waals surface area contributed by atoms with Gasteiger partial charge in [0.15, 0.2) is 0 Å². The van der Waals surface area contributed by atoms with Crippen LogP contribution >= 0.6 is 11.3 Å². The first kappa shape index (κ1) is 17.0. The Balaban J connectivity index is 1.57. The van der Waals surface area contributed by atoms with E-state index in [9.17, 15) is 4.79 Å². The van der Waals surface area contributed by atoms with Crippen LogP contribution in [0.15, 0.2) is 66.2 Å². The van der Waals surface area contributed by atoms with Gasteiger partial charge >= 0.3 is 0 Å². The van der Waals surface area contributed by atoms with E-state index in [0.29, 0.717) is 10.7 Å². The first-order chi connectivity index (χ1) is 12.2. The van der Waals surface area contributed by atoms with E-state index in [1.807, 2.05) is 54.6 Å². The number of nitrogens with one attached hydrogen (secondary N) is 1. The zero-order chi connectivity index (χ0) is 17.5. The number of benzene rings is 2. The first-order valence-electron chi connectivity index (χ1n) is 8.12. The van der Waals surface area contributed by atoms with E-state index in [-0.39, 0.29) is 5.91 Å². The van der Waals surface area contributed by atoms with Crippen molar-refractivity contribution in [2.24, 2.45) is 0 Å². The van der Waals surface area contributed by atoms with Crippen LogP contribution in [0.25, 0.3) is 6.08 Å². The molecule has 1 amide bonds. The minimum absolute atomic E-state index is 0.158. The molecule has 0 spiro atoms. The molecular formula is C20H19N3OS. The van der Waals surface area contributed by atoms with E-state index in [1.54, 1.807) is 6.92 Å². The van der Waals surface area contributed by atoms with Crippen molar-refractivity contribution in [2.45, 2.75) is 19.8 Å². The molecule has 4 nitrogen and oxygen atoms in total. The number of aromatic nitrogens is 2. The van der Waals surface area contributed by atoms with Crippen LogP contribution in [0.3, 0.4) is 0 Å². The highest BCUT2D eigenvalue weighted by Gasteiger charge is 2.10. The number of carbonyl (C=O) groups excluding carboxylic acids is 1. The second-order valence-corrected chi connectivity index (χ2v) is 6.74. The van der Waals surface area contributed by atoms with Gasteiger partial charge in [0, 0.05) is 12.0 Å². The Morgan fingerprint density at radius 1 is 1.00 bits per heavy atom. The third-order valence-corrected chi connectivity index (χ3v) is 4.60. The van der Waals surface area contributed by atoms with Gasteiger partial charge < -0.3 is 0 Å². The molecular weight excluding hydrogens is 330 g/mol. The number of nitrogens with zero attached hydrogens (tertiary/aromatic N) is 2. The lowest BCUT2D eigenvalue weighted by Gasteiger charge is -2.01. The quantitative estimate of drug-likeness (QED) is 0.673. The van der Waals surface area contributed by atoms with Crippen molar-refractivity contribution >= 4 is 28.5 Å². The Hall–Kier alpha value is -2.79. The van der Waals surface area contributed by atoms with Crippen LogP contribution in [0.1, 0.15) is 23.1 Å². The average molecular weight is 349 g/mol. The molecule has 0 aliphatic carbocycles. The highest BCUT2D eigenvalue weighted by molar-refractivity contribution is 7.15. The summed E-state index contributed by atoms with van der Waals surface area (Å²) in [6.45, 7) is 1.79. The average Bonchev–Trinajstić information content (AvgIpc) is 3.09. The Morgan fingerprint density at radius 2 is 1.68 bits per heavy atom. The molecule has 0 saturated heterocycles. The van der Waals surface area contributed by atoms with E-state index in [0.717, 1.165) is 23.4 Å². The third-order valence-electron chi connectivity index (χ3n) is 3.70. The van der Waals surface area contributed by atoms with Crippen LogP contribution in [0.5, 0.6) is 0 Å². The number of rotatable bonds is 6. The van der Waals surface area contributed by atoms with Crippen molar-refractivity contribution in [3.63, 3.8) is 0 Å². The number of anilines is 1. The van der Waals surface area contributed by atoms with Crippen molar-refractivity contribution in [1.82, 2.24) is 10.2 Å². The van der Waals surface area contributed by atoms with Crippen molar-refractivity contribution in [3.05, 3.63) is 82.4 Å². The highest BCUT2D eigenvalue weighted by Crippen LogP contribution is 2.18. The molecule has 0 fully saturated rings. The first-order valence-corrected chi connectivity index (χ1v) is 8.93. The fourth-order valence-corrected chi connectivity index (χ4v) is 3.10. The maximum atomic E-state index is 12.3. The van der Waals surface area contributed by atoms with E-state index >= 15 is 0 Å². The maximum Gasteiger partial charge on any atom is 0.253 e. The number of hydrogen-bond acceptors (Lipinski definition) is 4. The molecule has 3 aromatic rings. The summed E-state index contributed by atoms with van der Waals surface area (Å²) < 4.78 is 0. The zero-order valence-electron chi connectivity index (χ0n) is 14.0. The van der Waals surface area contributed by atoms with Crippen molar-refractivity contribution < 1.29 is 4.79 Å². The van der Waals surface area contributed by atoms with Gasteiger partial charge in [0.1, 0.15) is 5.01 Å². The smallest absolute Gasteiger partial charge is 0.253 e. The molecule has 0 bridgehead atoms. The Morgan fingerprint density at radius 3 is 2.40 bits per heavy atom. The van der Waals surface area contributed by atoms with Crippen LogP contribution < -0.4 is 5.32 Å². The van der Waals surface area contributed by atoms with E-state index in [2.05, 4.69) is 27.6 Å². The van der Waals surface area contributed by atoms with Gasteiger partial charge in [0.2, 0.25) is 5.13 Å². The maximum absolute atomic E-state index is 12.3. The molecule has 5 heteroatoms. The topological polar surface area (TPSA) is 54.9 Å². The molecule has 0 aliphatic rings. The van der Waals surface area contributed by atoms with Gasteiger partial charge in [-0.1, -0.05) is 72.0 Å². The van der Waals surface area contributed by atoms with Crippen LogP contribution in [0, 0.1) is 0 Å². The molecule has 126 valence electrons. The molecule has 1 heterocycles. The second kappa shape index (κ2) is 8.35. The summed E-state index contributed by atoms with van der Waals surface area (Å²) in [5.41, 5.74) is 2.90. The van der Waals surface area contributed by atoms with Crippen molar-refractivity contribution in [2.75, 3.05) is 5.32 Å². The normalized spacial score (nSPS) is 11.3. The van der Waals surface area contributed by atoms with Crippen LogP contribution in [-0.4, -0.2) is 16.1 Å². The van der Waals surface area contributed by atoms with E-state index < -0.39 is 0 Å². The van der Waals surface area contributed by atoms with Crippen molar-refractivity contribution in [1.29, 1.82) is 0 Å². The van der Waals surface area contributed by atoms with Gasteiger partial charge in [-0.25, -0.2) is 0 Å². The minimum Gasteiger partial charge on any atom is -0.297 e. The molecule has 3 rings (SSSR count). The Kier molecular flexibility index (Phi) is 5.69. The summed E-state index contributed by atoms with van der Waals surface area (Å²) in [6.07, 6.45) is 3.58. The van der Waals surface area contributed by atoms with E-state index in [1.165, 1.54) is 16.9 Å². The molecule has 0 aliphatic heterocycles. The fraction of sp³-hybridized carbons (Fsp3) is 0.150. The predicted molar refractivity (Wildman–Crippen MR) is 102 cm³/mol. The van der Waals surface area contributed by atoms with Gasteiger partial charge in [-0.05, 0) is 30.5 Å². The van der Waals surface area contributed by atoms with Gasteiger partial charge in [-0.15, -0.1) is 10.2 Å². The molecule has 1 N–H and O–H groups in total. The second-order valence-electron chi connectivity index (χ2n) is 5.68. The standard InChI is InChI=1S/C20H19N3OS/c1-15(14-17-10-6-3-7-11-17)19(24)21-20-23-22-18(25-20)13-12-16-8-4-2-5-9-16/h2-11,14H,12-13H2,1H3,(H,21,23,24). The zero-order valence-corrected chi connectivity index (χ0v) is 14.8. The lowest BCUT2D eigenvalue weighted by Crippen LogP contribution is -2.12. The number of amides is 1. The van der Waals surface area contributed by atoms with Gasteiger partial charge in [-0.3, -0.25) is 10.1 Å². The lowest BCUT2D eigenvalue weighted by atomic mass is 10.1. The van der Waals surface area contributed by atoms with Crippen LogP contribution in [0.2, 0.25) is 0 Å².